The van der Waals surface area contributed by atoms with Crippen molar-refractivity contribution in [2.24, 2.45) is 11.7 Å². The van der Waals surface area contributed by atoms with E-state index in [1.165, 1.54) is 12.8 Å². The molecular formula is C14H19IN2O. The van der Waals surface area contributed by atoms with Gasteiger partial charge in [0.25, 0.3) is 5.91 Å². The summed E-state index contributed by atoms with van der Waals surface area (Å²) in [5.74, 6) is 0.692. The second kappa shape index (κ2) is 5.57. The number of hydrogen-bond donors (Lipinski definition) is 1. The van der Waals surface area contributed by atoms with E-state index in [9.17, 15) is 4.79 Å². The highest BCUT2D eigenvalue weighted by atomic mass is 127. The molecule has 2 N–H and O–H groups in total. The minimum atomic E-state index is 0.0884. The van der Waals surface area contributed by atoms with E-state index < -0.39 is 0 Å². The summed E-state index contributed by atoms with van der Waals surface area (Å²) < 4.78 is 1.04. The summed E-state index contributed by atoms with van der Waals surface area (Å²) in [4.78, 5) is 14.3. The van der Waals surface area contributed by atoms with Crippen LogP contribution in [0.2, 0.25) is 0 Å². The van der Waals surface area contributed by atoms with Gasteiger partial charge in [-0.2, -0.15) is 0 Å². The molecule has 1 unspecified atom stereocenters. The summed E-state index contributed by atoms with van der Waals surface area (Å²) >= 11 is 2.24. The van der Waals surface area contributed by atoms with E-state index in [0.717, 1.165) is 14.7 Å². The number of halogens is 1. The van der Waals surface area contributed by atoms with Gasteiger partial charge in [-0.15, -0.1) is 0 Å². The molecule has 1 amide bonds. The van der Waals surface area contributed by atoms with E-state index >= 15 is 0 Å². The van der Waals surface area contributed by atoms with Crippen LogP contribution in [0, 0.1) is 16.4 Å². The third-order valence-electron chi connectivity index (χ3n) is 3.65. The van der Waals surface area contributed by atoms with Crippen LogP contribution in [0.5, 0.6) is 0 Å². The Balaban J connectivity index is 2.22. The van der Waals surface area contributed by atoms with Gasteiger partial charge in [0, 0.05) is 23.2 Å². The van der Waals surface area contributed by atoms with Crippen LogP contribution in [0.3, 0.4) is 0 Å². The summed E-state index contributed by atoms with van der Waals surface area (Å²) in [5, 5.41) is 0. The Labute approximate surface area is 122 Å². The number of nitrogens with zero attached hydrogens (tertiary/aromatic N) is 1. The van der Waals surface area contributed by atoms with Gasteiger partial charge in [0.2, 0.25) is 0 Å². The fourth-order valence-electron chi connectivity index (χ4n) is 2.30. The van der Waals surface area contributed by atoms with Crippen LogP contribution < -0.4 is 5.73 Å². The van der Waals surface area contributed by atoms with Gasteiger partial charge >= 0.3 is 0 Å². The molecule has 0 heterocycles. The van der Waals surface area contributed by atoms with Gasteiger partial charge in [0.05, 0.1) is 5.56 Å². The molecule has 0 saturated heterocycles. The van der Waals surface area contributed by atoms with E-state index in [0.29, 0.717) is 12.5 Å². The fourth-order valence-corrected chi connectivity index (χ4v) is 2.89. The lowest BCUT2D eigenvalue weighted by Gasteiger charge is -2.27. The summed E-state index contributed by atoms with van der Waals surface area (Å²) in [6, 6.07) is 6.05. The molecule has 0 aromatic heterocycles. The third-order valence-corrected chi connectivity index (χ3v) is 5.08. The topological polar surface area (TPSA) is 46.3 Å². The Hall–Kier alpha value is -0.620. The molecule has 0 aliphatic heterocycles. The maximum absolute atomic E-state index is 12.5. The molecule has 1 saturated carbocycles. The number of nitrogens with two attached hydrogens (primary N) is 1. The highest BCUT2D eigenvalue weighted by Crippen LogP contribution is 2.35. The summed E-state index contributed by atoms with van der Waals surface area (Å²) in [6.07, 6.45) is 2.40. The smallest absolute Gasteiger partial charge is 0.254 e. The quantitative estimate of drug-likeness (QED) is 0.841. The van der Waals surface area contributed by atoms with Gasteiger partial charge in [0.15, 0.2) is 0 Å². The molecular weight excluding hydrogens is 339 g/mol. The molecule has 0 spiro atoms. The number of likely N-dealkylation sites (N-methyl/N-ethyl adjacent to an activating group) is 1. The highest BCUT2D eigenvalue weighted by molar-refractivity contribution is 14.1. The van der Waals surface area contributed by atoms with Crippen LogP contribution in [0.15, 0.2) is 18.2 Å². The molecule has 0 radical (unpaired) electrons. The van der Waals surface area contributed by atoms with Gasteiger partial charge < -0.3 is 10.6 Å². The number of amides is 1. The SMILES string of the molecule is Cc1cccc(C(=O)N(C)C(CN)C2CC2)c1I. The fraction of sp³-hybridized carbons (Fsp3) is 0.500. The number of carbonyl (C=O) groups excluding carboxylic acids is 1. The van der Waals surface area contributed by atoms with E-state index in [-0.39, 0.29) is 11.9 Å². The van der Waals surface area contributed by atoms with Crippen molar-refractivity contribution in [2.45, 2.75) is 25.8 Å². The van der Waals surface area contributed by atoms with Crippen LogP contribution >= 0.6 is 22.6 Å². The molecule has 0 bridgehead atoms. The molecule has 1 aromatic rings. The van der Waals surface area contributed by atoms with Crippen molar-refractivity contribution in [3.63, 3.8) is 0 Å². The maximum Gasteiger partial charge on any atom is 0.254 e. The van der Waals surface area contributed by atoms with Crippen molar-refractivity contribution in [1.29, 1.82) is 0 Å². The first-order chi connectivity index (χ1) is 8.56. The lowest BCUT2D eigenvalue weighted by molar-refractivity contribution is 0.0717. The molecule has 3 nitrogen and oxygen atoms in total. The molecule has 2 rings (SSSR count). The number of benzene rings is 1. The molecule has 4 heteroatoms. The van der Waals surface area contributed by atoms with Crippen molar-refractivity contribution < 1.29 is 4.79 Å². The lowest BCUT2D eigenvalue weighted by atomic mass is 10.1. The standard InChI is InChI=1S/C14H19IN2O/c1-9-4-3-5-11(13(9)15)14(18)17(2)12(8-16)10-6-7-10/h3-5,10,12H,6-8,16H2,1-2H3. The first-order valence-electron chi connectivity index (χ1n) is 6.28. The highest BCUT2D eigenvalue weighted by Gasteiger charge is 2.35. The minimum absolute atomic E-state index is 0.0884. The number of rotatable bonds is 4. The third kappa shape index (κ3) is 2.69. The number of hydrogen-bond acceptors (Lipinski definition) is 2. The predicted molar refractivity (Wildman–Crippen MR) is 81.6 cm³/mol. The predicted octanol–water partition coefficient (Wildman–Crippen LogP) is 2.41. The largest absolute Gasteiger partial charge is 0.337 e. The van der Waals surface area contributed by atoms with Crippen LogP contribution in [-0.4, -0.2) is 30.4 Å². The van der Waals surface area contributed by atoms with E-state index in [1.54, 1.807) is 0 Å². The second-order valence-corrected chi connectivity index (χ2v) is 6.07. The van der Waals surface area contributed by atoms with Gasteiger partial charge in [-0.1, -0.05) is 12.1 Å². The van der Waals surface area contributed by atoms with Gasteiger partial charge in [-0.05, 0) is 59.9 Å². The number of aryl methyl sites for hydroxylation is 1. The van der Waals surface area contributed by atoms with Crippen molar-refractivity contribution in [1.82, 2.24) is 4.90 Å². The van der Waals surface area contributed by atoms with E-state index in [4.69, 9.17) is 5.73 Å². The monoisotopic (exact) mass is 358 g/mol. The lowest BCUT2D eigenvalue weighted by Crippen LogP contribution is -2.43. The van der Waals surface area contributed by atoms with Crippen molar-refractivity contribution in [3.05, 3.63) is 32.9 Å². The molecule has 98 valence electrons. The molecule has 1 fully saturated rings. The first-order valence-corrected chi connectivity index (χ1v) is 7.36. The van der Waals surface area contributed by atoms with Gasteiger partial charge in [0.1, 0.15) is 0 Å². The molecule has 18 heavy (non-hydrogen) atoms. The van der Waals surface area contributed by atoms with Crippen molar-refractivity contribution >= 4 is 28.5 Å². The normalized spacial score (nSPS) is 16.4. The van der Waals surface area contributed by atoms with Gasteiger partial charge in [-0.25, -0.2) is 0 Å². The van der Waals surface area contributed by atoms with Gasteiger partial charge in [-0.3, -0.25) is 4.79 Å². The zero-order chi connectivity index (χ0) is 13.3. The summed E-state index contributed by atoms with van der Waals surface area (Å²) in [5.41, 5.74) is 7.74. The van der Waals surface area contributed by atoms with Crippen molar-refractivity contribution in [2.75, 3.05) is 13.6 Å². The Morgan fingerprint density at radius 1 is 1.56 bits per heavy atom. The zero-order valence-electron chi connectivity index (χ0n) is 10.8. The molecule has 1 aliphatic carbocycles. The Morgan fingerprint density at radius 3 is 2.78 bits per heavy atom. The minimum Gasteiger partial charge on any atom is -0.337 e. The average Bonchev–Trinajstić information content (AvgIpc) is 3.17. The average molecular weight is 358 g/mol. The Morgan fingerprint density at radius 2 is 2.22 bits per heavy atom. The Bertz CT molecular complexity index is 457. The van der Waals surface area contributed by atoms with Crippen LogP contribution in [0.1, 0.15) is 28.8 Å². The van der Waals surface area contributed by atoms with E-state index in [1.807, 2.05) is 37.1 Å². The van der Waals surface area contributed by atoms with Crippen LogP contribution in [0.25, 0.3) is 0 Å². The molecule has 1 aromatic carbocycles. The van der Waals surface area contributed by atoms with Crippen molar-refractivity contribution in [3.8, 4) is 0 Å². The van der Waals surface area contributed by atoms with Crippen LogP contribution in [-0.2, 0) is 0 Å². The molecule has 1 aliphatic rings. The second-order valence-electron chi connectivity index (χ2n) is 4.99. The summed E-state index contributed by atoms with van der Waals surface area (Å²) in [6.45, 7) is 2.58. The van der Waals surface area contributed by atoms with Crippen LogP contribution in [0.4, 0.5) is 0 Å². The Kier molecular flexibility index (Phi) is 4.27. The molecule has 1 atom stereocenters. The summed E-state index contributed by atoms with van der Waals surface area (Å²) in [7, 11) is 1.87. The first kappa shape index (κ1) is 13.8. The maximum atomic E-state index is 12.5. The number of carbonyl (C=O) groups is 1. The van der Waals surface area contributed by atoms with E-state index in [2.05, 4.69) is 22.6 Å². The zero-order valence-corrected chi connectivity index (χ0v) is 13.0.